The van der Waals surface area contributed by atoms with Crippen LogP contribution in [-0.4, -0.2) is 62.6 Å². The highest BCUT2D eigenvalue weighted by molar-refractivity contribution is 5.89. The van der Waals surface area contributed by atoms with E-state index in [1.807, 2.05) is 46.7 Å². The first-order valence-corrected chi connectivity index (χ1v) is 9.75. The van der Waals surface area contributed by atoms with E-state index < -0.39 is 6.04 Å². The van der Waals surface area contributed by atoms with Crippen LogP contribution in [0.25, 0.3) is 0 Å². The van der Waals surface area contributed by atoms with Gasteiger partial charge < -0.3 is 19.1 Å². The van der Waals surface area contributed by atoms with E-state index in [4.69, 9.17) is 4.74 Å². The molecule has 0 saturated carbocycles. The molecular weight excluding hydrogens is 358 g/mol. The minimum atomic E-state index is -0.721. The Hall–Kier alpha value is -2.74. The molecule has 0 N–H and O–H groups in total. The van der Waals surface area contributed by atoms with Gasteiger partial charge in [0.1, 0.15) is 12.4 Å². The normalized spacial score (nSPS) is 19.0. The molecule has 148 valence electrons. The minimum Gasteiger partial charge on any atom is -0.367 e. The molecule has 28 heavy (non-hydrogen) atoms. The standard InChI is InChI=1S/C20H25N5O3/c1-15-21-22-19-18(20(27)23-9-5-6-10-23)25(12-11-24(15)19)17(26)14-28-13-16-7-3-2-4-8-16/h2-4,7-8,18H,5-6,9-14H2,1H3. The highest BCUT2D eigenvalue weighted by Crippen LogP contribution is 2.28. The van der Waals surface area contributed by atoms with E-state index in [2.05, 4.69) is 10.2 Å². The molecule has 0 aliphatic carbocycles. The molecule has 2 aliphatic rings. The van der Waals surface area contributed by atoms with Crippen LogP contribution in [0.5, 0.6) is 0 Å². The number of aromatic nitrogens is 3. The SMILES string of the molecule is Cc1nnc2n1CCN(C(=O)COCc1ccccc1)C2C(=O)N1CCCC1. The largest absolute Gasteiger partial charge is 0.367 e. The molecular formula is C20H25N5O3. The predicted molar refractivity (Wildman–Crippen MR) is 101 cm³/mol. The average molecular weight is 383 g/mol. The molecule has 4 rings (SSSR count). The first kappa shape index (κ1) is 18.6. The third kappa shape index (κ3) is 3.64. The van der Waals surface area contributed by atoms with Crippen LogP contribution in [0, 0.1) is 6.92 Å². The maximum absolute atomic E-state index is 13.2. The van der Waals surface area contributed by atoms with Crippen LogP contribution >= 0.6 is 0 Å². The highest BCUT2D eigenvalue weighted by Gasteiger charge is 2.41. The molecule has 2 aliphatic heterocycles. The first-order chi connectivity index (χ1) is 13.6. The fourth-order valence-electron chi connectivity index (χ4n) is 3.89. The molecule has 1 unspecified atom stereocenters. The number of likely N-dealkylation sites (tertiary alicyclic amines) is 1. The average Bonchev–Trinajstić information content (AvgIpc) is 3.38. The molecule has 0 radical (unpaired) electrons. The van der Waals surface area contributed by atoms with Gasteiger partial charge in [-0.25, -0.2) is 0 Å². The summed E-state index contributed by atoms with van der Waals surface area (Å²) in [4.78, 5) is 29.5. The molecule has 1 aromatic heterocycles. The molecule has 1 fully saturated rings. The molecule has 8 nitrogen and oxygen atoms in total. The van der Waals surface area contributed by atoms with Gasteiger partial charge in [0.05, 0.1) is 6.61 Å². The Balaban J connectivity index is 1.49. The summed E-state index contributed by atoms with van der Waals surface area (Å²) in [6.45, 7) is 4.66. The number of rotatable bonds is 5. The van der Waals surface area contributed by atoms with Gasteiger partial charge in [0.2, 0.25) is 5.91 Å². The van der Waals surface area contributed by atoms with Crippen molar-refractivity contribution in [2.45, 2.75) is 39.0 Å². The lowest BCUT2D eigenvalue weighted by molar-refractivity contribution is -0.150. The second-order valence-corrected chi connectivity index (χ2v) is 7.26. The summed E-state index contributed by atoms with van der Waals surface area (Å²) in [5.74, 6) is 1.06. The molecule has 3 heterocycles. The van der Waals surface area contributed by atoms with E-state index >= 15 is 0 Å². The zero-order valence-corrected chi connectivity index (χ0v) is 16.1. The number of nitrogens with zero attached hydrogens (tertiary/aromatic N) is 5. The van der Waals surface area contributed by atoms with Gasteiger partial charge in [-0.15, -0.1) is 10.2 Å². The molecule has 0 spiro atoms. The van der Waals surface area contributed by atoms with E-state index in [-0.39, 0.29) is 18.4 Å². The summed E-state index contributed by atoms with van der Waals surface area (Å²) >= 11 is 0. The van der Waals surface area contributed by atoms with E-state index in [9.17, 15) is 9.59 Å². The third-order valence-electron chi connectivity index (χ3n) is 5.39. The predicted octanol–water partition coefficient (Wildman–Crippen LogP) is 1.31. The Bertz CT molecular complexity index is 845. The first-order valence-electron chi connectivity index (χ1n) is 9.75. The number of benzene rings is 1. The molecule has 1 atom stereocenters. The van der Waals surface area contributed by atoms with Crippen LogP contribution < -0.4 is 0 Å². The van der Waals surface area contributed by atoms with Crippen molar-refractivity contribution in [2.24, 2.45) is 0 Å². The molecule has 8 heteroatoms. The maximum Gasteiger partial charge on any atom is 0.253 e. The number of hydrogen-bond donors (Lipinski definition) is 0. The Kier molecular flexibility index (Phi) is 5.38. The van der Waals surface area contributed by atoms with Crippen LogP contribution in [0.15, 0.2) is 30.3 Å². The van der Waals surface area contributed by atoms with Crippen LogP contribution in [-0.2, 0) is 27.5 Å². The van der Waals surface area contributed by atoms with Crippen LogP contribution in [0.1, 0.15) is 36.1 Å². The number of aryl methyl sites for hydroxylation is 1. The molecule has 1 saturated heterocycles. The van der Waals surface area contributed by atoms with E-state index in [1.165, 1.54) is 0 Å². The summed E-state index contributed by atoms with van der Waals surface area (Å²) in [7, 11) is 0. The third-order valence-corrected chi connectivity index (χ3v) is 5.39. The van der Waals surface area contributed by atoms with E-state index in [1.54, 1.807) is 4.90 Å². The Morgan fingerprint density at radius 2 is 1.82 bits per heavy atom. The van der Waals surface area contributed by atoms with Crippen molar-refractivity contribution in [1.29, 1.82) is 0 Å². The quantitative estimate of drug-likeness (QED) is 0.778. The number of carbonyl (C=O) groups is 2. The summed E-state index contributed by atoms with van der Waals surface area (Å²) in [5.41, 5.74) is 1.01. The van der Waals surface area contributed by atoms with E-state index in [0.717, 1.165) is 37.3 Å². The molecule has 2 aromatic rings. The maximum atomic E-state index is 13.2. The highest BCUT2D eigenvalue weighted by atomic mass is 16.5. The van der Waals surface area contributed by atoms with Gasteiger partial charge in [0.25, 0.3) is 5.91 Å². The van der Waals surface area contributed by atoms with Gasteiger partial charge >= 0.3 is 0 Å². The number of fused-ring (bicyclic) bond motifs is 1. The summed E-state index contributed by atoms with van der Waals surface area (Å²) in [5, 5.41) is 8.35. The Morgan fingerprint density at radius 3 is 2.57 bits per heavy atom. The lowest BCUT2D eigenvalue weighted by Crippen LogP contribution is -2.50. The van der Waals surface area contributed by atoms with Crippen molar-refractivity contribution < 1.29 is 14.3 Å². The van der Waals surface area contributed by atoms with Crippen molar-refractivity contribution in [1.82, 2.24) is 24.6 Å². The van der Waals surface area contributed by atoms with E-state index in [0.29, 0.717) is 25.5 Å². The van der Waals surface area contributed by atoms with Gasteiger partial charge in [-0.2, -0.15) is 0 Å². The van der Waals surface area contributed by atoms with Crippen molar-refractivity contribution in [3.63, 3.8) is 0 Å². The number of ether oxygens (including phenoxy) is 1. The minimum absolute atomic E-state index is 0.0637. The Morgan fingerprint density at radius 1 is 1.07 bits per heavy atom. The van der Waals surface area contributed by atoms with Crippen LogP contribution in [0.3, 0.4) is 0 Å². The zero-order valence-electron chi connectivity index (χ0n) is 16.1. The smallest absolute Gasteiger partial charge is 0.253 e. The second-order valence-electron chi connectivity index (χ2n) is 7.26. The lowest BCUT2D eigenvalue weighted by atomic mass is 10.1. The van der Waals surface area contributed by atoms with Gasteiger partial charge in [-0.05, 0) is 25.3 Å². The fraction of sp³-hybridized carbons (Fsp3) is 0.500. The van der Waals surface area contributed by atoms with Gasteiger partial charge in [0.15, 0.2) is 11.9 Å². The van der Waals surface area contributed by atoms with Crippen molar-refractivity contribution in [3.8, 4) is 0 Å². The van der Waals surface area contributed by atoms with Gasteiger partial charge in [-0.3, -0.25) is 9.59 Å². The number of hydrogen-bond acceptors (Lipinski definition) is 5. The van der Waals surface area contributed by atoms with Crippen molar-refractivity contribution in [2.75, 3.05) is 26.2 Å². The van der Waals surface area contributed by atoms with Crippen LogP contribution in [0.2, 0.25) is 0 Å². The molecule has 2 amide bonds. The lowest BCUT2D eigenvalue weighted by Gasteiger charge is -2.36. The summed E-state index contributed by atoms with van der Waals surface area (Å²) < 4.78 is 7.56. The Labute approximate surface area is 164 Å². The van der Waals surface area contributed by atoms with Crippen LogP contribution in [0.4, 0.5) is 0 Å². The van der Waals surface area contributed by atoms with Gasteiger partial charge in [0, 0.05) is 26.2 Å². The number of carbonyl (C=O) groups excluding carboxylic acids is 2. The topological polar surface area (TPSA) is 80.6 Å². The fourth-order valence-corrected chi connectivity index (χ4v) is 3.89. The van der Waals surface area contributed by atoms with Crippen molar-refractivity contribution in [3.05, 3.63) is 47.5 Å². The van der Waals surface area contributed by atoms with Gasteiger partial charge in [-0.1, -0.05) is 30.3 Å². The monoisotopic (exact) mass is 383 g/mol. The van der Waals surface area contributed by atoms with Crippen molar-refractivity contribution >= 4 is 11.8 Å². The zero-order chi connectivity index (χ0) is 19.5. The summed E-state index contributed by atoms with van der Waals surface area (Å²) in [6.07, 6.45) is 2.00. The molecule has 0 bridgehead atoms. The number of amides is 2. The summed E-state index contributed by atoms with van der Waals surface area (Å²) in [6, 6.07) is 9.00. The molecule has 1 aromatic carbocycles. The second kappa shape index (κ2) is 8.10.